The molecule has 0 N–H and O–H groups in total. The fourth-order valence-electron chi connectivity index (χ4n) is 1.22. The van der Waals surface area contributed by atoms with Crippen molar-refractivity contribution in [3.63, 3.8) is 0 Å². The maximum atomic E-state index is 11.1. The van der Waals surface area contributed by atoms with Crippen molar-refractivity contribution in [1.82, 2.24) is 0 Å². The highest BCUT2D eigenvalue weighted by Crippen LogP contribution is 2.28. The van der Waals surface area contributed by atoms with Crippen LogP contribution in [0, 0.1) is 0 Å². The van der Waals surface area contributed by atoms with E-state index in [0.717, 1.165) is 0 Å². The number of hydrogen-bond acceptors (Lipinski definition) is 4. The Bertz CT molecular complexity index is 360. The van der Waals surface area contributed by atoms with Crippen molar-refractivity contribution in [2.24, 2.45) is 0 Å². The summed E-state index contributed by atoms with van der Waals surface area (Å²) in [6.07, 6.45) is 1.18. The molecule has 1 atom stereocenters. The highest BCUT2D eigenvalue weighted by molar-refractivity contribution is 6.42. The normalized spacial score (nSPS) is 18.2. The Labute approximate surface area is 110 Å². The van der Waals surface area contributed by atoms with Crippen molar-refractivity contribution in [3.8, 4) is 0 Å². The molecule has 1 aliphatic rings. The van der Waals surface area contributed by atoms with Crippen LogP contribution in [0.25, 0.3) is 0 Å². The summed E-state index contributed by atoms with van der Waals surface area (Å²) in [5.41, 5.74) is 0.868. The first-order chi connectivity index (χ1) is 7.97. The predicted molar refractivity (Wildman–Crippen MR) is 66.0 cm³/mol. The van der Waals surface area contributed by atoms with Gasteiger partial charge >= 0.3 is 11.9 Å². The molecule has 0 bridgehead atoms. The summed E-state index contributed by atoms with van der Waals surface area (Å²) in [6, 6.07) is 0. The van der Waals surface area contributed by atoms with Gasteiger partial charge in [-0.05, 0) is 12.5 Å². The molecule has 1 rings (SSSR count). The Morgan fingerprint density at radius 3 is 2.41 bits per heavy atom. The smallest absolute Gasteiger partial charge is 0.350 e. The molecule has 0 spiro atoms. The number of carbonyl (C=O) groups is 2. The number of alkyl halides is 1. The van der Waals surface area contributed by atoms with E-state index in [0.29, 0.717) is 5.57 Å². The zero-order valence-electron chi connectivity index (χ0n) is 9.88. The molecule has 0 aromatic carbocycles. The quantitative estimate of drug-likeness (QED) is 0.453. The van der Waals surface area contributed by atoms with E-state index in [2.05, 4.69) is 22.9 Å². The number of cyclic esters (lactones) is 1. The van der Waals surface area contributed by atoms with Crippen LogP contribution in [-0.2, 0) is 19.1 Å². The molecular weight excluding hydrogens is 267 g/mol. The summed E-state index contributed by atoms with van der Waals surface area (Å²) in [4.78, 5) is 22.1. The molecule has 4 nitrogen and oxygen atoms in total. The Hall–Kier alpha value is -1.00. The number of ether oxygens (including phenoxy) is 2. The Balaban J connectivity index is 0.00000121. The van der Waals surface area contributed by atoms with Gasteiger partial charge in [-0.15, -0.1) is 11.6 Å². The second-order valence-electron chi connectivity index (χ2n) is 3.19. The van der Waals surface area contributed by atoms with E-state index >= 15 is 0 Å². The first-order valence-corrected chi connectivity index (χ1v) is 5.82. The van der Waals surface area contributed by atoms with Crippen LogP contribution in [0.15, 0.2) is 22.8 Å². The SMILES string of the molecule is C=C(CC1OC(=O)C(Cl)=C1C)C(=O)OC.CCl. The van der Waals surface area contributed by atoms with Crippen LogP contribution in [0.3, 0.4) is 0 Å². The monoisotopic (exact) mass is 280 g/mol. The van der Waals surface area contributed by atoms with Crippen LogP contribution in [0.2, 0.25) is 0 Å². The third-order valence-electron chi connectivity index (χ3n) is 2.16. The Kier molecular flexibility index (Phi) is 6.92. The molecule has 0 amide bonds. The largest absolute Gasteiger partial charge is 0.466 e. The fourth-order valence-corrected chi connectivity index (χ4v) is 1.38. The van der Waals surface area contributed by atoms with Crippen molar-refractivity contribution in [2.75, 3.05) is 13.5 Å². The summed E-state index contributed by atoms with van der Waals surface area (Å²) < 4.78 is 9.42. The third-order valence-corrected chi connectivity index (χ3v) is 2.62. The summed E-state index contributed by atoms with van der Waals surface area (Å²) in [5.74, 6) is -1.07. The number of carbonyl (C=O) groups excluding carboxylic acids is 2. The third kappa shape index (κ3) is 4.06. The van der Waals surface area contributed by atoms with Gasteiger partial charge in [-0.2, -0.15) is 0 Å². The highest BCUT2D eigenvalue weighted by Gasteiger charge is 2.31. The van der Waals surface area contributed by atoms with Crippen molar-refractivity contribution >= 4 is 35.1 Å². The molecule has 0 aliphatic carbocycles. The lowest BCUT2D eigenvalue weighted by Gasteiger charge is -2.11. The van der Waals surface area contributed by atoms with Crippen LogP contribution in [0.4, 0.5) is 0 Å². The summed E-state index contributed by atoms with van der Waals surface area (Å²) in [6.45, 7) is 5.22. The van der Waals surface area contributed by atoms with Gasteiger partial charge in [-0.3, -0.25) is 0 Å². The number of hydrogen-bond donors (Lipinski definition) is 0. The molecule has 1 aliphatic heterocycles. The van der Waals surface area contributed by atoms with Crippen molar-refractivity contribution in [1.29, 1.82) is 0 Å². The molecule has 96 valence electrons. The van der Waals surface area contributed by atoms with Crippen LogP contribution in [0.5, 0.6) is 0 Å². The zero-order chi connectivity index (χ0) is 13.6. The van der Waals surface area contributed by atoms with Crippen LogP contribution in [-0.4, -0.2) is 31.5 Å². The molecule has 0 aromatic rings. The first kappa shape index (κ1) is 16.0. The predicted octanol–water partition coefficient (Wildman–Crippen LogP) is 2.40. The maximum Gasteiger partial charge on any atom is 0.350 e. The minimum absolute atomic E-state index is 0.0812. The van der Waals surface area contributed by atoms with Gasteiger partial charge in [0.25, 0.3) is 0 Å². The second-order valence-corrected chi connectivity index (χ2v) is 3.57. The van der Waals surface area contributed by atoms with Gasteiger partial charge in [-0.1, -0.05) is 18.2 Å². The van der Waals surface area contributed by atoms with Crippen molar-refractivity contribution < 1.29 is 19.1 Å². The standard InChI is InChI=1S/C10H11ClO4.CH3Cl/c1-5(9(12)14-3)4-7-6(2)8(11)10(13)15-7;1-2/h7H,1,4H2,2-3H3;1H3. The summed E-state index contributed by atoms with van der Waals surface area (Å²) in [5, 5.41) is 0.0812. The molecule has 0 radical (unpaired) electrons. The number of rotatable bonds is 3. The van der Waals surface area contributed by atoms with Gasteiger partial charge in [0, 0.05) is 18.4 Å². The van der Waals surface area contributed by atoms with E-state index in [-0.39, 0.29) is 17.0 Å². The van der Waals surface area contributed by atoms with Crippen LogP contribution < -0.4 is 0 Å². The van der Waals surface area contributed by atoms with Crippen molar-refractivity contribution in [2.45, 2.75) is 19.4 Å². The van der Waals surface area contributed by atoms with E-state index < -0.39 is 18.0 Å². The second kappa shape index (κ2) is 7.35. The molecule has 0 fully saturated rings. The van der Waals surface area contributed by atoms with Gasteiger partial charge in [0.15, 0.2) is 0 Å². The van der Waals surface area contributed by atoms with Gasteiger partial charge in [0.1, 0.15) is 11.1 Å². The Morgan fingerprint density at radius 1 is 1.53 bits per heavy atom. The van der Waals surface area contributed by atoms with E-state index in [1.807, 2.05) is 0 Å². The average molecular weight is 281 g/mol. The van der Waals surface area contributed by atoms with Crippen molar-refractivity contribution in [3.05, 3.63) is 22.8 Å². The molecule has 1 heterocycles. The zero-order valence-corrected chi connectivity index (χ0v) is 11.4. The molecule has 17 heavy (non-hydrogen) atoms. The average Bonchev–Trinajstić information content (AvgIpc) is 2.58. The lowest BCUT2D eigenvalue weighted by atomic mass is 10.0. The van der Waals surface area contributed by atoms with Gasteiger partial charge in [0.2, 0.25) is 0 Å². The van der Waals surface area contributed by atoms with E-state index in [1.54, 1.807) is 6.92 Å². The Morgan fingerprint density at radius 2 is 2.06 bits per heavy atom. The minimum Gasteiger partial charge on any atom is -0.466 e. The van der Waals surface area contributed by atoms with E-state index in [1.165, 1.54) is 13.5 Å². The number of esters is 2. The molecule has 0 saturated carbocycles. The van der Waals surface area contributed by atoms with Crippen LogP contribution >= 0.6 is 23.2 Å². The van der Waals surface area contributed by atoms with Gasteiger partial charge < -0.3 is 9.47 Å². The summed E-state index contributed by atoms with van der Waals surface area (Å²) >= 11 is 10.3. The van der Waals surface area contributed by atoms with E-state index in [4.69, 9.17) is 16.3 Å². The number of halogens is 2. The first-order valence-electron chi connectivity index (χ1n) is 4.68. The topological polar surface area (TPSA) is 52.6 Å². The molecule has 0 aromatic heterocycles. The molecule has 1 unspecified atom stereocenters. The maximum absolute atomic E-state index is 11.1. The fraction of sp³-hybridized carbons (Fsp3) is 0.455. The van der Waals surface area contributed by atoms with Gasteiger partial charge in [0.05, 0.1) is 7.11 Å². The molecule has 0 saturated heterocycles. The summed E-state index contributed by atoms with van der Waals surface area (Å²) in [7, 11) is 1.27. The minimum atomic E-state index is -0.558. The number of methoxy groups -OCH3 is 1. The molecule has 6 heteroatoms. The van der Waals surface area contributed by atoms with Gasteiger partial charge in [-0.25, -0.2) is 9.59 Å². The lowest BCUT2D eigenvalue weighted by Crippen LogP contribution is -2.15. The highest BCUT2D eigenvalue weighted by atomic mass is 35.5. The molecular formula is C11H14Cl2O4. The van der Waals surface area contributed by atoms with Crippen LogP contribution in [0.1, 0.15) is 13.3 Å². The van der Waals surface area contributed by atoms with E-state index in [9.17, 15) is 9.59 Å². The lowest BCUT2D eigenvalue weighted by molar-refractivity contribution is -0.141.